The minimum atomic E-state index is -0.642. The van der Waals surface area contributed by atoms with Gasteiger partial charge in [0.05, 0.1) is 0 Å². The molecule has 184 valence electrons. The van der Waals surface area contributed by atoms with E-state index in [4.69, 9.17) is 11.6 Å². The smallest absolute Gasteiger partial charge is 0.243 e. The molecule has 2 atom stereocenters. The van der Waals surface area contributed by atoms with Gasteiger partial charge < -0.3 is 10.2 Å². The molecule has 4 nitrogen and oxygen atoms in total. The lowest BCUT2D eigenvalue weighted by Gasteiger charge is -2.32. The third-order valence-electron chi connectivity index (χ3n) is 5.90. The Morgan fingerprint density at radius 3 is 2.23 bits per heavy atom. The molecule has 0 aliphatic heterocycles. The molecule has 35 heavy (non-hydrogen) atoms. The summed E-state index contributed by atoms with van der Waals surface area (Å²) < 4.78 is 0. The van der Waals surface area contributed by atoms with Crippen LogP contribution in [0.5, 0.6) is 0 Å². The van der Waals surface area contributed by atoms with E-state index in [2.05, 4.69) is 5.32 Å². The monoisotopic (exact) mass is 508 g/mol. The molecule has 3 aromatic carbocycles. The summed E-state index contributed by atoms with van der Waals surface area (Å²) in [6.07, 6.45) is 1.58. The van der Waals surface area contributed by atoms with Crippen molar-refractivity contribution >= 4 is 35.2 Å². The van der Waals surface area contributed by atoms with E-state index in [9.17, 15) is 9.59 Å². The van der Waals surface area contributed by atoms with Crippen molar-refractivity contribution < 1.29 is 9.59 Å². The second kappa shape index (κ2) is 14.0. The Morgan fingerprint density at radius 1 is 0.943 bits per heavy atom. The number of halogens is 1. The van der Waals surface area contributed by atoms with Crippen LogP contribution in [0.3, 0.4) is 0 Å². The maximum absolute atomic E-state index is 13.6. The van der Waals surface area contributed by atoms with Gasteiger partial charge in [0.2, 0.25) is 11.8 Å². The second-order valence-electron chi connectivity index (χ2n) is 8.55. The first-order chi connectivity index (χ1) is 17.0. The Balaban J connectivity index is 1.87. The molecular weight excluding hydrogens is 476 g/mol. The molecule has 2 amide bonds. The zero-order valence-corrected chi connectivity index (χ0v) is 21.9. The summed E-state index contributed by atoms with van der Waals surface area (Å²) in [7, 11) is 0. The third kappa shape index (κ3) is 8.44. The zero-order chi connectivity index (χ0) is 25.0. The van der Waals surface area contributed by atoms with Gasteiger partial charge >= 0.3 is 0 Å². The highest BCUT2D eigenvalue weighted by atomic mass is 35.5. The van der Waals surface area contributed by atoms with Gasteiger partial charge in [0, 0.05) is 41.1 Å². The van der Waals surface area contributed by atoms with Crippen LogP contribution in [0.2, 0.25) is 5.02 Å². The fourth-order valence-corrected chi connectivity index (χ4v) is 4.78. The molecule has 0 radical (unpaired) electrons. The van der Waals surface area contributed by atoms with Crippen molar-refractivity contribution in [3.05, 3.63) is 101 Å². The summed E-state index contributed by atoms with van der Waals surface area (Å²) >= 11 is 8.11. The van der Waals surface area contributed by atoms with E-state index in [1.165, 1.54) is 0 Å². The van der Waals surface area contributed by atoms with Crippen LogP contribution in [-0.4, -0.2) is 34.6 Å². The minimum Gasteiger partial charge on any atom is -0.352 e. The highest BCUT2D eigenvalue weighted by Gasteiger charge is 2.31. The van der Waals surface area contributed by atoms with Crippen molar-refractivity contribution in [2.75, 3.05) is 5.75 Å². The average molecular weight is 509 g/mol. The summed E-state index contributed by atoms with van der Waals surface area (Å²) in [5, 5.41) is 3.68. The molecular formula is C29H33ClN2O2S. The molecule has 0 aliphatic rings. The third-order valence-corrected chi connectivity index (χ3v) is 7.28. The van der Waals surface area contributed by atoms with Crippen LogP contribution in [0.25, 0.3) is 0 Å². The Labute approximate surface area is 218 Å². The molecule has 0 saturated carbocycles. The predicted molar refractivity (Wildman–Crippen MR) is 146 cm³/mol. The van der Waals surface area contributed by atoms with Crippen LogP contribution >= 0.6 is 23.4 Å². The molecule has 0 spiro atoms. The van der Waals surface area contributed by atoms with E-state index in [0.29, 0.717) is 23.6 Å². The molecule has 0 heterocycles. The highest BCUT2D eigenvalue weighted by molar-refractivity contribution is 7.99. The fourth-order valence-electron chi connectivity index (χ4n) is 3.72. The first-order valence-electron chi connectivity index (χ1n) is 12.0. The summed E-state index contributed by atoms with van der Waals surface area (Å²) in [5.41, 5.74) is 1.83. The predicted octanol–water partition coefficient (Wildman–Crippen LogP) is 6.38. The topological polar surface area (TPSA) is 49.4 Å². The van der Waals surface area contributed by atoms with Crippen molar-refractivity contribution in [1.29, 1.82) is 0 Å². The Bertz CT molecular complexity index is 1080. The molecule has 0 saturated heterocycles. The molecule has 0 fully saturated rings. The summed E-state index contributed by atoms with van der Waals surface area (Å²) in [6, 6.07) is 26.7. The van der Waals surface area contributed by atoms with Gasteiger partial charge in [-0.1, -0.05) is 85.3 Å². The maximum Gasteiger partial charge on any atom is 0.243 e. The Hall–Kier alpha value is -2.76. The zero-order valence-electron chi connectivity index (χ0n) is 20.3. The SMILES string of the molecule is CC[C@@H](C)NC(=O)[C@@H](Cc1ccccc1)N(Cc1ccccc1Cl)C(=O)CCSc1ccccc1. The summed E-state index contributed by atoms with van der Waals surface area (Å²) in [6.45, 7) is 4.29. The number of nitrogens with zero attached hydrogens (tertiary/aromatic N) is 1. The molecule has 0 aromatic heterocycles. The van der Waals surface area contributed by atoms with Crippen molar-refractivity contribution in [3.8, 4) is 0 Å². The van der Waals surface area contributed by atoms with Crippen molar-refractivity contribution in [1.82, 2.24) is 10.2 Å². The largest absolute Gasteiger partial charge is 0.352 e. The quantitative estimate of drug-likeness (QED) is 0.289. The number of carbonyl (C=O) groups excluding carboxylic acids is 2. The van der Waals surface area contributed by atoms with Crippen molar-refractivity contribution in [2.24, 2.45) is 0 Å². The summed E-state index contributed by atoms with van der Waals surface area (Å²) in [5.74, 6) is 0.431. The lowest BCUT2D eigenvalue weighted by atomic mass is 10.0. The number of nitrogens with one attached hydrogen (secondary N) is 1. The number of hydrogen-bond acceptors (Lipinski definition) is 3. The van der Waals surface area contributed by atoms with E-state index in [1.54, 1.807) is 16.7 Å². The maximum atomic E-state index is 13.6. The van der Waals surface area contributed by atoms with Gasteiger partial charge in [-0.25, -0.2) is 0 Å². The van der Waals surface area contributed by atoms with E-state index >= 15 is 0 Å². The molecule has 0 bridgehead atoms. The van der Waals surface area contributed by atoms with Gasteiger partial charge in [-0.05, 0) is 42.7 Å². The van der Waals surface area contributed by atoms with Crippen molar-refractivity contribution in [3.63, 3.8) is 0 Å². The number of carbonyl (C=O) groups is 2. The van der Waals surface area contributed by atoms with Gasteiger partial charge in [-0.15, -0.1) is 11.8 Å². The number of rotatable bonds is 12. The molecule has 0 unspecified atom stereocenters. The highest BCUT2D eigenvalue weighted by Crippen LogP contribution is 2.23. The van der Waals surface area contributed by atoms with Crippen LogP contribution in [0.15, 0.2) is 89.8 Å². The molecule has 0 aliphatic carbocycles. The van der Waals surface area contributed by atoms with Crippen LogP contribution < -0.4 is 5.32 Å². The summed E-state index contributed by atoms with van der Waals surface area (Å²) in [4.78, 5) is 29.9. The van der Waals surface area contributed by atoms with Crippen LogP contribution in [0.4, 0.5) is 0 Å². The van der Waals surface area contributed by atoms with Crippen molar-refractivity contribution in [2.45, 2.75) is 56.6 Å². The standard InChI is InChI=1S/C29H33ClN2O2S/c1-3-22(2)31-29(34)27(20-23-12-6-4-7-13-23)32(21-24-14-10-11-17-26(24)30)28(33)18-19-35-25-15-8-5-9-16-25/h4-17,22,27H,3,18-21H2,1-2H3,(H,31,34)/t22-,27-/m1/s1. The molecule has 3 rings (SSSR count). The number of amides is 2. The first-order valence-corrected chi connectivity index (χ1v) is 13.4. The fraction of sp³-hybridized carbons (Fsp3) is 0.310. The van der Waals surface area contributed by atoms with Crippen LogP contribution in [-0.2, 0) is 22.6 Å². The van der Waals surface area contributed by atoms with E-state index in [-0.39, 0.29) is 24.4 Å². The van der Waals surface area contributed by atoms with E-state index in [0.717, 1.165) is 22.4 Å². The lowest BCUT2D eigenvalue weighted by Crippen LogP contribution is -2.52. The van der Waals surface area contributed by atoms with Crippen LogP contribution in [0, 0.1) is 0 Å². The molecule has 1 N–H and O–H groups in total. The van der Waals surface area contributed by atoms with Gasteiger partial charge in [0.1, 0.15) is 6.04 Å². The van der Waals surface area contributed by atoms with Gasteiger partial charge in [0.15, 0.2) is 0 Å². The second-order valence-corrected chi connectivity index (χ2v) is 10.1. The molecule has 6 heteroatoms. The Kier molecular flexibility index (Phi) is 10.7. The normalized spacial score (nSPS) is 12.5. The lowest BCUT2D eigenvalue weighted by molar-refractivity contribution is -0.141. The number of thioether (sulfide) groups is 1. The van der Waals surface area contributed by atoms with E-state index in [1.807, 2.05) is 98.8 Å². The molecule has 3 aromatic rings. The van der Waals surface area contributed by atoms with Gasteiger partial charge in [-0.3, -0.25) is 9.59 Å². The van der Waals surface area contributed by atoms with Gasteiger partial charge in [-0.2, -0.15) is 0 Å². The Morgan fingerprint density at radius 2 is 1.57 bits per heavy atom. The minimum absolute atomic E-state index is 0.0201. The number of hydrogen-bond donors (Lipinski definition) is 1. The van der Waals surface area contributed by atoms with Crippen LogP contribution in [0.1, 0.15) is 37.8 Å². The number of benzene rings is 3. The van der Waals surface area contributed by atoms with E-state index < -0.39 is 6.04 Å². The average Bonchev–Trinajstić information content (AvgIpc) is 2.88. The van der Waals surface area contributed by atoms with Gasteiger partial charge in [0.25, 0.3) is 0 Å². The first kappa shape index (κ1) is 26.8.